The molecule has 0 aromatic heterocycles. The van der Waals surface area contributed by atoms with E-state index in [0.717, 1.165) is 0 Å². The van der Waals surface area contributed by atoms with Crippen molar-refractivity contribution in [3.05, 3.63) is 59.2 Å². The molecule has 0 saturated heterocycles. The van der Waals surface area contributed by atoms with E-state index < -0.39 is 46.1 Å². The normalized spacial score (nSPS) is 25.6. The molecule has 5 atom stereocenters. The monoisotopic (exact) mass is 428 g/mol. The van der Waals surface area contributed by atoms with E-state index in [4.69, 9.17) is 10.00 Å². The number of carboxylic acids is 1. The van der Waals surface area contributed by atoms with Crippen LogP contribution in [-0.4, -0.2) is 42.8 Å². The van der Waals surface area contributed by atoms with Crippen molar-refractivity contribution >= 4 is 16.0 Å². The molecule has 5 unspecified atom stereocenters. The second-order valence-electron chi connectivity index (χ2n) is 7.59. The number of fused-ring (bicyclic) bond motifs is 3. The molecule has 8 nitrogen and oxygen atoms in total. The maximum Gasteiger partial charge on any atom is 0.310 e. The number of hydrogen-bond donors (Lipinski definition) is 3. The number of aliphatic hydroxyl groups excluding tert-OH is 1. The molecule has 0 radical (unpaired) electrons. The Morgan fingerprint density at radius 1 is 1.27 bits per heavy atom. The van der Waals surface area contributed by atoms with Gasteiger partial charge in [0.05, 0.1) is 34.6 Å². The highest BCUT2D eigenvalue weighted by Crippen LogP contribution is 2.50. The van der Waals surface area contributed by atoms with Crippen LogP contribution < -0.4 is 9.46 Å². The van der Waals surface area contributed by atoms with Gasteiger partial charge in [-0.1, -0.05) is 18.2 Å². The molecule has 0 spiro atoms. The number of sulfonamides is 1. The van der Waals surface area contributed by atoms with E-state index in [1.165, 1.54) is 24.3 Å². The Balaban J connectivity index is 1.66. The number of benzene rings is 2. The van der Waals surface area contributed by atoms with Crippen molar-refractivity contribution in [1.82, 2.24) is 4.72 Å². The third-order valence-electron chi connectivity index (χ3n) is 5.80. The predicted octanol–water partition coefficient (Wildman–Crippen LogP) is 1.70. The Kier molecular flexibility index (Phi) is 5.02. The number of nitrogens with one attached hydrogen (secondary N) is 1. The number of para-hydroxylation sites is 1. The van der Waals surface area contributed by atoms with Crippen molar-refractivity contribution < 1.29 is 28.2 Å². The standard InChI is InChI=1S/C21H20N2O6S/c1-11(21(25)26)14-3-2-4-15-18-17(29-20(14)15)9-16(24)19(18)23-30(27,28)13-7-5-12(10-22)6-8-13/h2-8,11,16-19,23-24H,9H2,1H3,(H,25,26). The zero-order valence-electron chi connectivity index (χ0n) is 16.0. The second kappa shape index (κ2) is 7.40. The highest BCUT2D eigenvalue weighted by atomic mass is 32.2. The molecule has 1 fully saturated rings. The van der Waals surface area contributed by atoms with Crippen molar-refractivity contribution in [2.45, 2.75) is 48.3 Å². The van der Waals surface area contributed by atoms with Gasteiger partial charge in [-0.15, -0.1) is 0 Å². The van der Waals surface area contributed by atoms with Gasteiger partial charge in [0.15, 0.2) is 0 Å². The number of aliphatic hydroxyl groups is 1. The molecule has 1 aliphatic carbocycles. The first-order valence-electron chi connectivity index (χ1n) is 9.45. The minimum Gasteiger partial charge on any atom is -0.489 e. The van der Waals surface area contributed by atoms with Crippen molar-refractivity contribution in [2.75, 3.05) is 0 Å². The molecule has 2 aromatic carbocycles. The van der Waals surface area contributed by atoms with Crippen LogP contribution >= 0.6 is 0 Å². The summed E-state index contributed by atoms with van der Waals surface area (Å²) in [6.45, 7) is 1.56. The number of aliphatic carboxylic acids is 1. The summed E-state index contributed by atoms with van der Waals surface area (Å²) in [7, 11) is -3.95. The molecular weight excluding hydrogens is 408 g/mol. The van der Waals surface area contributed by atoms with Gasteiger partial charge in [0, 0.05) is 23.5 Å². The van der Waals surface area contributed by atoms with Gasteiger partial charge in [-0.05, 0) is 31.2 Å². The first kappa shape index (κ1) is 20.3. The maximum atomic E-state index is 12.9. The number of nitriles is 1. The fraction of sp³-hybridized carbons (Fsp3) is 0.333. The van der Waals surface area contributed by atoms with Gasteiger partial charge in [0.25, 0.3) is 0 Å². The molecule has 156 valence electrons. The Morgan fingerprint density at radius 3 is 2.60 bits per heavy atom. The lowest BCUT2D eigenvalue weighted by atomic mass is 9.90. The third kappa shape index (κ3) is 3.33. The van der Waals surface area contributed by atoms with Crippen LogP contribution in [0.2, 0.25) is 0 Å². The average molecular weight is 428 g/mol. The lowest BCUT2D eigenvalue weighted by Gasteiger charge is -2.22. The Labute approximate surface area is 173 Å². The molecule has 4 rings (SSSR count). The number of rotatable bonds is 5. The molecule has 1 aliphatic heterocycles. The number of hydrogen-bond acceptors (Lipinski definition) is 6. The highest BCUT2D eigenvalue weighted by molar-refractivity contribution is 7.89. The van der Waals surface area contributed by atoms with Gasteiger partial charge in [-0.25, -0.2) is 13.1 Å². The fourth-order valence-corrected chi connectivity index (χ4v) is 5.51. The lowest BCUT2D eigenvalue weighted by Crippen LogP contribution is -2.43. The van der Waals surface area contributed by atoms with Gasteiger partial charge in [0.2, 0.25) is 10.0 Å². The summed E-state index contributed by atoms with van der Waals surface area (Å²) < 4.78 is 34.3. The van der Waals surface area contributed by atoms with Gasteiger partial charge in [0.1, 0.15) is 11.9 Å². The number of ether oxygens (including phenoxy) is 1. The van der Waals surface area contributed by atoms with Crippen molar-refractivity contribution in [3.63, 3.8) is 0 Å². The molecule has 0 bridgehead atoms. The van der Waals surface area contributed by atoms with Crippen LogP contribution in [0.25, 0.3) is 0 Å². The lowest BCUT2D eigenvalue weighted by molar-refractivity contribution is -0.138. The highest BCUT2D eigenvalue weighted by Gasteiger charge is 2.51. The maximum absolute atomic E-state index is 12.9. The van der Waals surface area contributed by atoms with E-state index in [1.807, 2.05) is 6.07 Å². The Hall–Kier alpha value is -2.93. The molecule has 30 heavy (non-hydrogen) atoms. The molecule has 2 aromatic rings. The predicted molar refractivity (Wildman–Crippen MR) is 106 cm³/mol. The van der Waals surface area contributed by atoms with Crippen molar-refractivity contribution in [2.24, 2.45) is 0 Å². The van der Waals surface area contributed by atoms with Crippen LogP contribution in [0.3, 0.4) is 0 Å². The van der Waals surface area contributed by atoms with Gasteiger partial charge >= 0.3 is 5.97 Å². The zero-order valence-corrected chi connectivity index (χ0v) is 16.8. The molecule has 9 heteroatoms. The number of carboxylic acid groups (broad SMARTS) is 1. The zero-order chi connectivity index (χ0) is 21.6. The second-order valence-corrected chi connectivity index (χ2v) is 9.31. The summed E-state index contributed by atoms with van der Waals surface area (Å²) >= 11 is 0. The summed E-state index contributed by atoms with van der Waals surface area (Å²) in [5.41, 5.74) is 1.56. The fourth-order valence-electron chi connectivity index (χ4n) is 4.22. The van der Waals surface area contributed by atoms with Crippen LogP contribution in [0.1, 0.15) is 41.9 Å². The molecule has 1 heterocycles. The van der Waals surface area contributed by atoms with E-state index in [-0.39, 0.29) is 11.3 Å². The van der Waals surface area contributed by atoms with E-state index in [1.54, 1.807) is 25.1 Å². The van der Waals surface area contributed by atoms with Crippen molar-refractivity contribution in [3.8, 4) is 11.8 Å². The molecule has 3 N–H and O–H groups in total. The van der Waals surface area contributed by atoms with Gasteiger partial charge in [-0.2, -0.15) is 5.26 Å². The topological polar surface area (TPSA) is 137 Å². The van der Waals surface area contributed by atoms with E-state index in [2.05, 4.69) is 4.72 Å². The van der Waals surface area contributed by atoms with Crippen LogP contribution in [0, 0.1) is 11.3 Å². The third-order valence-corrected chi connectivity index (χ3v) is 7.28. The van der Waals surface area contributed by atoms with Crippen LogP contribution in [0.15, 0.2) is 47.4 Å². The van der Waals surface area contributed by atoms with Gasteiger partial charge < -0.3 is 14.9 Å². The molecular formula is C21H20N2O6S. The molecule has 2 aliphatic rings. The van der Waals surface area contributed by atoms with Crippen molar-refractivity contribution in [1.29, 1.82) is 5.26 Å². The molecule has 0 amide bonds. The Bertz CT molecular complexity index is 1140. The minimum atomic E-state index is -3.95. The number of carbonyl (C=O) groups is 1. The van der Waals surface area contributed by atoms with Gasteiger partial charge in [-0.3, -0.25) is 4.79 Å². The first-order chi connectivity index (χ1) is 14.2. The SMILES string of the molecule is CC(C(=O)O)c1cccc2c1OC1CC(O)C(NS(=O)(=O)c3ccc(C#N)cc3)C21. The average Bonchev–Trinajstić information content (AvgIpc) is 3.22. The van der Waals surface area contributed by atoms with E-state index >= 15 is 0 Å². The summed E-state index contributed by atoms with van der Waals surface area (Å²) in [5, 5.41) is 28.8. The minimum absolute atomic E-state index is 0.00969. The van der Waals surface area contributed by atoms with E-state index in [0.29, 0.717) is 22.4 Å². The largest absolute Gasteiger partial charge is 0.489 e. The first-order valence-corrected chi connectivity index (χ1v) is 10.9. The summed E-state index contributed by atoms with van der Waals surface area (Å²) in [4.78, 5) is 11.4. The summed E-state index contributed by atoms with van der Waals surface area (Å²) in [5.74, 6) is -1.75. The van der Waals surface area contributed by atoms with Crippen LogP contribution in [-0.2, 0) is 14.8 Å². The number of nitrogens with zero attached hydrogens (tertiary/aromatic N) is 1. The molecule has 1 saturated carbocycles. The smallest absolute Gasteiger partial charge is 0.310 e. The van der Waals surface area contributed by atoms with Crippen LogP contribution in [0.5, 0.6) is 5.75 Å². The quantitative estimate of drug-likeness (QED) is 0.659. The Morgan fingerprint density at radius 2 is 1.97 bits per heavy atom. The van der Waals surface area contributed by atoms with Crippen LogP contribution in [0.4, 0.5) is 0 Å². The summed E-state index contributed by atoms with van der Waals surface area (Å²) in [6, 6.07) is 11.8. The summed E-state index contributed by atoms with van der Waals surface area (Å²) in [6.07, 6.45) is -1.19. The van der Waals surface area contributed by atoms with E-state index in [9.17, 15) is 23.4 Å².